The number of carbonyl (C=O) groups excluding carboxylic acids is 1. The van der Waals surface area contributed by atoms with Crippen LogP contribution in [0.5, 0.6) is 0 Å². The lowest BCUT2D eigenvalue weighted by Gasteiger charge is -2.43. The van der Waals surface area contributed by atoms with Crippen molar-refractivity contribution < 1.29 is 9.53 Å². The molecular weight excluding hydrogens is 408 g/mol. The Morgan fingerprint density at radius 1 is 0.939 bits per heavy atom. The molecule has 2 aliphatic rings. The van der Waals surface area contributed by atoms with Crippen LogP contribution in [0.15, 0.2) is 72.8 Å². The van der Waals surface area contributed by atoms with Gasteiger partial charge in [0.25, 0.3) is 0 Å². The van der Waals surface area contributed by atoms with Gasteiger partial charge in [0.15, 0.2) is 0 Å². The van der Waals surface area contributed by atoms with E-state index in [1.54, 1.807) is 0 Å². The first-order valence-corrected chi connectivity index (χ1v) is 11.6. The fourth-order valence-corrected chi connectivity index (χ4v) is 5.28. The van der Waals surface area contributed by atoms with Gasteiger partial charge in [-0.1, -0.05) is 60.7 Å². The Kier molecular flexibility index (Phi) is 6.04. The molecule has 3 aromatic carbocycles. The quantitative estimate of drug-likeness (QED) is 0.386. The lowest BCUT2D eigenvalue weighted by molar-refractivity contribution is 0.164. The van der Waals surface area contributed by atoms with Gasteiger partial charge in [-0.25, -0.2) is 4.79 Å². The van der Waals surface area contributed by atoms with Crippen molar-refractivity contribution >= 4 is 17.5 Å². The Morgan fingerprint density at radius 3 is 2.00 bits per heavy atom. The van der Waals surface area contributed by atoms with Crippen molar-refractivity contribution in [3.63, 3.8) is 0 Å². The minimum atomic E-state index is -0.464. The summed E-state index contributed by atoms with van der Waals surface area (Å²) in [5.41, 5.74) is 7.31. The van der Waals surface area contributed by atoms with Crippen LogP contribution in [0.2, 0.25) is 0 Å². The Labute approximate surface area is 195 Å². The van der Waals surface area contributed by atoms with Crippen molar-refractivity contribution in [3.8, 4) is 12.3 Å². The highest BCUT2D eigenvalue weighted by Crippen LogP contribution is 2.49. The van der Waals surface area contributed by atoms with E-state index in [1.807, 2.05) is 0 Å². The molecule has 0 aliphatic carbocycles. The standard InChI is InChI=1S/C29H28N2O2/c1-2-3-18-33-29(32)30-23-19-26-24(21-10-6-4-7-11-21)14-16-31-17-15-25(27(20-23)28(26)31)22-12-8-5-9-13-22/h1,4-13,19-20,24-25H,3,14-18H2,(H,30,32). The molecule has 2 aliphatic heterocycles. The predicted octanol–water partition coefficient (Wildman–Crippen LogP) is 6.14. The number of amides is 1. The van der Waals surface area contributed by atoms with Crippen LogP contribution in [-0.2, 0) is 4.74 Å². The first-order chi connectivity index (χ1) is 16.2. The minimum Gasteiger partial charge on any atom is -0.448 e. The largest absolute Gasteiger partial charge is 0.448 e. The normalized spacial score (nSPS) is 18.7. The molecule has 0 bridgehead atoms. The molecule has 0 saturated carbocycles. The topological polar surface area (TPSA) is 41.6 Å². The second-order valence-electron chi connectivity index (χ2n) is 8.71. The van der Waals surface area contributed by atoms with Crippen LogP contribution in [0.3, 0.4) is 0 Å². The third-order valence-corrected chi connectivity index (χ3v) is 6.74. The van der Waals surface area contributed by atoms with Crippen LogP contribution in [0.1, 0.15) is 53.4 Å². The maximum Gasteiger partial charge on any atom is 0.411 e. The summed E-state index contributed by atoms with van der Waals surface area (Å²) in [5, 5.41) is 2.96. The van der Waals surface area contributed by atoms with E-state index < -0.39 is 6.09 Å². The maximum atomic E-state index is 12.4. The first kappa shape index (κ1) is 21.2. The summed E-state index contributed by atoms with van der Waals surface area (Å²) in [4.78, 5) is 15.0. The first-order valence-electron chi connectivity index (χ1n) is 11.6. The lowest BCUT2D eigenvalue weighted by atomic mass is 9.76. The minimum absolute atomic E-state index is 0.215. The summed E-state index contributed by atoms with van der Waals surface area (Å²) in [6.45, 7) is 2.30. The van der Waals surface area contributed by atoms with Crippen molar-refractivity contribution in [2.75, 3.05) is 29.9 Å². The SMILES string of the molecule is C#CCCOC(=O)Nc1cc2c3c(c1)C(c1ccccc1)CCN3CCC2c1ccccc1. The molecule has 0 aromatic heterocycles. The van der Waals surface area contributed by atoms with E-state index in [1.165, 1.54) is 27.9 Å². The van der Waals surface area contributed by atoms with Crippen molar-refractivity contribution in [2.45, 2.75) is 31.1 Å². The second-order valence-corrected chi connectivity index (χ2v) is 8.71. The highest BCUT2D eigenvalue weighted by Gasteiger charge is 2.35. The zero-order valence-electron chi connectivity index (χ0n) is 18.7. The number of terminal acetylenes is 1. The van der Waals surface area contributed by atoms with Gasteiger partial charge in [-0.05, 0) is 47.2 Å². The van der Waals surface area contributed by atoms with E-state index in [4.69, 9.17) is 11.2 Å². The Bertz CT molecular complexity index is 1090. The molecule has 33 heavy (non-hydrogen) atoms. The molecule has 4 nitrogen and oxygen atoms in total. The van der Waals surface area contributed by atoms with Crippen LogP contribution >= 0.6 is 0 Å². The van der Waals surface area contributed by atoms with E-state index >= 15 is 0 Å². The van der Waals surface area contributed by atoms with Crippen molar-refractivity contribution in [2.24, 2.45) is 0 Å². The summed E-state index contributed by atoms with van der Waals surface area (Å²) in [6, 6.07) is 25.6. The molecule has 0 spiro atoms. The fourth-order valence-electron chi connectivity index (χ4n) is 5.28. The van der Waals surface area contributed by atoms with E-state index in [2.05, 4.69) is 88.9 Å². The van der Waals surface area contributed by atoms with Gasteiger partial charge in [0.1, 0.15) is 6.61 Å². The second kappa shape index (κ2) is 9.42. The summed E-state index contributed by atoms with van der Waals surface area (Å²) < 4.78 is 5.26. The molecule has 166 valence electrons. The van der Waals surface area contributed by atoms with Crippen LogP contribution in [0.4, 0.5) is 16.2 Å². The summed E-state index contributed by atoms with van der Waals surface area (Å²) in [5.74, 6) is 3.09. The van der Waals surface area contributed by atoms with E-state index in [0.29, 0.717) is 18.3 Å². The monoisotopic (exact) mass is 436 g/mol. The highest BCUT2D eigenvalue weighted by molar-refractivity contribution is 5.86. The van der Waals surface area contributed by atoms with Crippen LogP contribution in [0, 0.1) is 12.3 Å². The number of anilines is 2. The van der Waals surface area contributed by atoms with Gasteiger partial charge in [-0.3, -0.25) is 5.32 Å². The molecule has 4 heteroatoms. The number of hydrogen-bond acceptors (Lipinski definition) is 3. The van der Waals surface area contributed by atoms with Gasteiger partial charge in [0, 0.05) is 42.7 Å². The molecule has 3 aromatic rings. The number of benzene rings is 3. The van der Waals surface area contributed by atoms with Gasteiger partial charge in [0.2, 0.25) is 0 Å². The van der Waals surface area contributed by atoms with Gasteiger partial charge in [-0.15, -0.1) is 12.3 Å². The number of carbonyl (C=O) groups is 1. The predicted molar refractivity (Wildman–Crippen MR) is 133 cm³/mol. The zero-order valence-corrected chi connectivity index (χ0v) is 18.7. The molecule has 2 atom stereocenters. The van der Waals surface area contributed by atoms with E-state index in [0.717, 1.165) is 31.6 Å². The number of hydrogen-bond donors (Lipinski definition) is 1. The molecule has 0 fully saturated rings. The molecular formula is C29H28N2O2. The number of nitrogens with zero attached hydrogens (tertiary/aromatic N) is 1. The van der Waals surface area contributed by atoms with Gasteiger partial charge >= 0.3 is 6.09 Å². The van der Waals surface area contributed by atoms with Gasteiger partial charge in [-0.2, -0.15) is 0 Å². The Morgan fingerprint density at radius 2 is 1.48 bits per heavy atom. The van der Waals surface area contributed by atoms with Crippen LogP contribution < -0.4 is 10.2 Å². The maximum absolute atomic E-state index is 12.4. The lowest BCUT2D eigenvalue weighted by Crippen LogP contribution is -2.37. The summed E-state index contributed by atoms with van der Waals surface area (Å²) in [6.07, 6.45) is 7.33. The number of ether oxygens (including phenoxy) is 1. The number of rotatable bonds is 5. The highest BCUT2D eigenvalue weighted by atomic mass is 16.5. The average molecular weight is 437 g/mol. The molecule has 5 rings (SSSR count). The number of nitrogens with one attached hydrogen (secondary N) is 1. The molecule has 2 unspecified atom stereocenters. The Hall–Kier alpha value is -3.71. The van der Waals surface area contributed by atoms with Gasteiger partial charge < -0.3 is 9.64 Å². The molecule has 1 N–H and O–H groups in total. The van der Waals surface area contributed by atoms with Crippen molar-refractivity contribution in [1.29, 1.82) is 0 Å². The third-order valence-electron chi connectivity index (χ3n) is 6.74. The van der Waals surface area contributed by atoms with Gasteiger partial charge in [0.05, 0.1) is 0 Å². The smallest absolute Gasteiger partial charge is 0.411 e. The van der Waals surface area contributed by atoms with E-state index in [9.17, 15) is 4.79 Å². The van der Waals surface area contributed by atoms with Crippen molar-refractivity contribution in [1.82, 2.24) is 0 Å². The molecule has 1 amide bonds. The van der Waals surface area contributed by atoms with Crippen LogP contribution in [-0.4, -0.2) is 25.8 Å². The molecule has 0 radical (unpaired) electrons. The average Bonchev–Trinajstić information content (AvgIpc) is 2.85. The Balaban J connectivity index is 1.58. The summed E-state index contributed by atoms with van der Waals surface area (Å²) >= 11 is 0. The zero-order chi connectivity index (χ0) is 22.6. The van der Waals surface area contributed by atoms with Crippen LogP contribution in [0.25, 0.3) is 0 Å². The van der Waals surface area contributed by atoms with Crippen molar-refractivity contribution in [3.05, 3.63) is 95.1 Å². The third kappa shape index (κ3) is 4.32. The summed E-state index contributed by atoms with van der Waals surface area (Å²) in [7, 11) is 0. The molecule has 0 saturated heterocycles. The van der Waals surface area contributed by atoms with E-state index in [-0.39, 0.29) is 6.61 Å². The molecule has 2 heterocycles. The fraction of sp³-hybridized carbons (Fsp3) is 0.276.